The standard InChI is InChI=1S/C15H12F2N6/c1-22(2)15-9-6-11(17)13(19-14(9)20-21-15)10-7-18-23-4-3-8(16)5-12(10)23/h3-7H,1-2H3,(H,19,20,21). The molecule has 0 aliphatic carbocycles. The highest BCUT2D eigenvalue weighted by molar-refractivity contribution is 5.90. The number of rotatable bonds is 2. The predicted molar refractivity (Wildman–Crippen MR) is 82.3 cm³/mol. The fourth-order valence-corrected chi connectivity index (χ4v) is 2.58. The number of anilines is 1. The third kappa shape index (κ3) is 2.02. The molecule has 0 aromatic carbocycles. The summed E-state index contributed by atoms with van der Waals surface area (Å²) in [5.74, 6) is -0.331. The van der Waals surface area contributed by atoms with Gasteiger partial charge in [-0.05, 0) is 12.1 Å². The molecule has 6 nitrogen and oxygen atoms in total. The SMILES string of the molecule is CN(C)c1n[nH]c2nc(-c3cnn4ccc(F)cc34)c(F)cc12. The quantitative estimate of drug-likeness (QED) is 0.618. The van der Waals surface area contributed by atoms with Crippen molar-refractivity contribution in [2.24, 2.45) is 0 Å². The Morgan fingerprint density at radius 3 is 2.83 bits per heavy atom. The van der Waals surface area contributed by atoms with Gasteiger partial charge in [-0.3, -0.25) is 5.10 Å². The largest absolute Gasteiger partial charge is 0.361 e. The third-order valence-electron chi connectivity index (χ3n) is 3.65. The summed E-state index contributed by atoms with van der Waals surface area (Å²) < 4.78 is 29.5. The van der Waals surface area contributed by atoms with Crippen molar-refractivity contribution in [1.29, 1.82) is 0 Å². The monoisotopic (exact) mass is 314 g/mol. The van der Waals surface area contributed by atoms with Crippen LogP contribution in [-0.2, 0) is 0 Å². The molecule has 116 valence electrons. The summed E-state index contributed by atoms with van der Waals surface area (Å²) in [5, 5.41) is 11.6. The lowest BCUT2D eigenvalue weighted by Crippen LogP contribution is -2.09. The maximum Gasteiger partial charge on any atom is 0.159 e. The summed E-state index contributed by atoms with van der Waals surface area (Å²) in [6.07, 6.45) is 2.94. The highest BCUT2D eigenvalue weighted by Crippen LogP contribution is 2.30. The molecule has 0 spiro atoms. The van der Waals surface area contributed by atoms with Crippen LogP contribution in [0.5, 0.6) is 0 Å². The molecular weight excluding hydrogens is 302 g/mol. The number of hydrogen-bond acceptors (Lipinski definition) is 4. The average molecular weight is 314 g/mol. The van der Waals surface area contributed by atoms with Crippen molar-refractivity contribution in [1.82, 2.24) is 24.8 Å². The Bertz CT molecular complexity index is 1030. The zero-order valence-corrected chi connectivity index (χ0v) is 12.4. The molecule has 0 amide bonds. The fourth-order valence-electron chi connectivity index (χ4n) is 2.58. The fraction of sp³-hybridized carbons (Fsp3) is 0.133. The van der Waals surface area contributed by atoms with Gasteiger partial charge in [-0.1, -0.05) is 0 Å². The number of H-pyrrole nitrogens is 1. The van der Waals surface area contributed by atoms with Crippen LogP contribution < -0.4 is 4.90 Å². The molecule has 8 heteroatoms. The van der Waals surface area contributed by atoms with Crippen LogP contribution in [0.25, 0.3) is 27.8 Å². The molecule has 4 heterocycles. The van der Waals surface area contributed by atoms with E-state index in [0.29, 0.717) is 27.9 Å². The van der Waals surface area contributed by atoms with Crippen LogP contribution in [0.15, 0.2) is 30.6 Å². The number of halogens is 2. The molecule has 0 saturated carbocycles. The first-order valence-corrected chi connectivity index (χ1v) is 6.90. The molecule has 0 aliphatic heterocycles. The van der Waals surface area contributed by atoms with E-state index in [1.54, 1.807) is 4.90 Å². The number of nitrogens with zero attached hydrogens (tertiary/aromatic N) is 5. The van der Waals surface area contributed by atoms with E-state index in [1.165, 1.54) is 35.1 Å². The van der Waals surface area contributed by atoms with Crippen LogP contribution in [-0.4, -0.2) is 38.9 Å². The van der Waals surface area contributed by atoms with Gasteiger partial charge >= 0.3 is 0 Å². The second-order valence-corrected chi connectivity index (χ2v) is 5.39. The molecule has 0 aliphatic rings. The van der Waals surface area contributed by atoms with Gasteiger partial charge in [0.25, 0.3) is 0 Å². The highest BCUT2D eigenvalue weighted by atomic mass is 19.1. The molecule has 0 bridgehead atoms. The Kier molecular flexibility index (Phi) is 2.80. The first-order valence-electron chi connectivity index (χ1n) is 6.90. The molecule has 0 saturated heterocycles. The van der Waals surface area contributed by atoms with Gasteiger partial charge < -0.3 is 4.90 Å². The zero-order chi connectivity index (χ0) is 16.1. The van der Waals surface area contributed by atoms with E-state index in [1.807, 2.05) is 14.1 Å². The first kappa shape index (κ1) is 13.6. The first-order chi connectivity index (χ1) is 11.0. The predicted octanol–water partition coefficient (Wildman–Crippen LogP) is 2.62. The average Bonchev–Trinajstić information content (AvgIpc) is 3.09. The summed E-state index contributed by atoms with van der Waals surface area (Å²) >= 11 is 0. The number of aromatic nitrogens is 5. The van der Waals surface area contributed by atoms with E-state index >= 15 is 0 Å². The molecule has 0 atom stereocenters. The van der Waals surface area contributed by atoms with Gasteiger partial charge in [-0.15, -0.1) is 0 Å². The Hall–Kier alpha value is -3.03. The van der Waals surface area contributed by atoms with E-state index in [4.69, 9.17) is 0 Å². The normalized spacial score (nSPS) is 11.5. The van der Waals surface area contributed by atoms with Crippen molar-refractivity contribution in [3.05, 3.63) is 42.2 Å². The molecule has 0 fully saturated rings. The molecule has 0 radical (unpaired) electrons. The number of nitrogens with one attached hydrogen (secondary N) is 1. The van der Waals surface area contributed by atoms with Gasteiger partial charge in [0, 0.05) is 31.9 Å². The third-order valence-corrected chi connectivity index (χ3v) is 3.65. The van der Waals surface area contributed by atoms with Gasteiger partial charge in [-0.2, -0.15) is 10.2 Å². The lowest BCUT2D eigenvalue weighted by Gasteiger charge is -2.08. The maximum absolute atomic E-state index is 14.6. The van der Waals surface area contributed by atoms with Crippen molar-refractivity contribution in [3.63, 3.8) is 0 Å². The number of aromatic amines is 1. The second-order valence-electron chi connectivity index (χ2n) is 5.39. The molecule has 4 aromatic heterocycles. The lowest BCUT2D eigenvalue weighted by molar-refractivity contribution is 0.624. The number of fused-ring (bicyclic) bond motifs is 2. The number of pyridine rings is 2. The van der Waals surface area contributed by atoms with E-state index < -0.39 is 11.6 Å². The summed E-state index contributed by atoms with van der Waals surface area (Å²) in [5.41, 5.74) is 1.43. The van der Waals surface area contributed by atoms with E-state index in [9.17, 15) is 8.78 Å². The topological polar surface area (TPSA) is 62.1 Å². The van der Waals surface area contributed by atoms with Crippen LogP contribution in [0.1, 0.15) is 0 Å². The Morgan fingerprint density at radius 1 is 1.22 bits per heavy atom. The van der Waals surface area contributed by atoms with Crippen LogP contribution in [0, 0.1) is 11.6 Å². The van der Waals surface area contributed by atoms with E-state index in [0.717, 1.165) is 0 Å². The molecule has 1 N–H and O–H groups in total. The second kappa shape index (κ2) is 4.73. The van der Waals surface area contributed by atoms with Crippen molar-refractivity contribution in [3.8, 4) is 11.3 Å². The Labute approximate surface area is 129 Å². The van der Waals surface area contributed by atoms with Crippen molar-refractivity contribution in [2.75, 3.05) is 19.0 Å². The van der Waals surface area contributed by atoms with Gasteiger partial charge in [0.05, 0.1) is 17.1 Å². The van der Waals surface area contributed by atoms with Crippen LogP contribution in [0.3, 0.4) is 0 Å². The van der Waals surface area contributed by atoms with Crippen LogP contribution >= 0.6 is 0 Å². The minimum Gasteiger partial charge on any atom is -0.361 e. The summed E-state index contributed by atoms with van der Waals surface area (Å²) in [6.45, 7) is 0. The van der Waals surface area contributed by atoms with Crippen molar-refractivity contribution >= 4 is 22.4 Å². The smallest absolute Gasteiger partial charge is 0.159 e. The van der Waals surface area contributed by atoms with Gasteiger partial charge in [0.2, 0.25) is 0 Å². The van der Waals surface area contributed by atoms with Gasteiger partial charge in [-0.25, -0.2) is 18.3 Å². The number of hydrogen-bond donors (Lipinski definition) is 1. The summed E-state index contributed by atoms with van der Waals surface area (Å²) in [6, 6.07) is 3.96. The lowest BCUT2D eigenvalue weighted by atomic mass is 10.1. The Morgan fingerprint density at radius 2 is 2.04 bits per heavy atom. The van der Waals surface area contributed by atoms with Gasteiger partial charge in [0.1, 0.15) is 11.5 Å². The van der Waals surface area contributed by atoms with Crippen molar-refractivity contribution < 1.29 is 8.78 Å². The molecular formula is C15H12F2N6. The molecule has 4 aromatic rings. The van der Waals surface area contributed by atoms with Crippen molar-refractivity contribution in [2.45, 2.75) is 0 Å². The summed E-state index contributed by atoms with van der Waals surface area (Å²) in [4.78, 5) is 6.07. The summed E-state index contributed by atoms with van der Waals surface area (Å²) in [7, 11) is 3.63. The highest BCUT2D eigenvalue weighted by Gasteiger charge is 2.18. The van der Waals surface area contributed by atoms with E-state index in [2.05, 4.69) is 20.3 Å². The minimum atomic E-state index is -0.513. The van der Waals surface area contributed by atoms with Crippen LogP contribution in [0.4, 0.5) is 14.6 Å². The minimum absolute atomic E-state index is 0.104. The maximum atomic E-state index is 14.6. The molecule has 23 heavy (non-hydrogen) atoms. The molecule has 4 rings (SSSR count). The zero-order valence-electron chi connectivity index (χ0n) is 12.4. The molecule has 0 unspecified atom stereocenters. The Balaban J connectivity index is 1.97. The van der Waals surface area contributed by atoms with E-state index in [-0.39, 0.29) is 5.69 Å². The van der Waals surface area contributed by atoms with Gasteiger partial charge in [0.15, 0.2) is 17.3 Å². The van der Waals surface area contributed by atoms with Crippen LogP contribution in [0.2, 0.25) is 0 Å².